The fourth-order valence-corrected chi connectivity index (χ4v) is 6.12. The molecule has 1 saturated heterocycles. The Morgan fingerprint density at radius 1 is 1.16 bits per heavy atom. The van der Waals surface area contributed by atoms with E-state index in [1.165, 1.54) is 0 Å². The minimum Gasteiger partial charge on any atom is -0.319 e. The first-order valence-electron chi connectivity index (χ1n) is 9.09. The van der Waals surface area contributed by atoms with E-state index in [0.29, 0.717) is 6.42 Å². The number of hydrogen-bond donors (Lipinski definition) is 1. The van der Waals surface area contributed by atoms with Crippen molar-refractivity contribution in [2.75, 3.05) is 17.6 Å². The summed E-state index contributed by atoms with van der Waals surface area (Å²) >= 11 is 0. The first-order chi connectivity index (χ1) is 11.7. The lowest BCUT2D eigenvalue weighted by Crippen LogP contribution is -2.58. The summed E-state index contributed by atoms with van der Waals surface area (Å²) in [5.74, 6) is 0.0719. The van der Waals surface area contributed by atoms with Gasteiger partial charge in [0.05, 0.1) is 17.0 Å². The van der Waals surface area contributed by atoms with Crippen molar-refractivity contribution in [1.82, 2.24) is 4.90 Å². The molecule has 1 aromatic carbocycles. The number of fused-ring (bicyclic) bond motifs is 1. The van der Waals surface area contributed by atoms with Crippen LogP contribution in [0, 0.1) is 0 Å². The number of nitrogens with one attached hydrogen (secondary N) is 1. The number of anilines is 1. The number of hydrogen-bond acceptors (Lipinski definition) is 3. The van der Waals surface area contributed by atoms with Gasteiger partial charge in [-0.15, -0.1) is 0 Å². The highest BCUT2D eigenvalue weighted by atomic mass is 32.2. The maximum Gasteiger partial charge on any atom is 0.322 e. The Kier molecular flexibility index (Phi) is 4.84. The summed E-state index contributed by atoms with van der Waals surface area (Å²) in [5.41, 5.74) is 1.80. The average Bonchev–Trinajstić information content (AvgIpc) is 2.54. The molecule has 2 aliphatic rings. The van der Waals surface area contributed by atoms with Crippen LogP contribution in [0.4, 0.5) is 10.5 Å². The predicted octanol–water partition coefficient (Wildman–Crippen LogP) is 3.56. The van der Waals surface area contributed by atoms with Gasteiger partial charge in [-0.2, -0.15) is 0 Å². The quantitative estimate of drug-likeness (QED) is 0.828. The molecule has 3 rings (SSSR count). The SMILES string of the molecule is CC(C)(C)c1ccccc1NC(=O)N1CCS(=O)(=O)[C@@H]2CCCC[C@@H]21. The Hall–Kier alpha value is -1.56. The third kappa shape index (κ3) is 3.68. The number of benzene rings is 1. The number of para-hydroxylation sites is 1. The molecular weight excluding hydrogens is 336 g/mol. The first kappa shape index (κ1) is 18.2. The van der Waals surface area contributed by atoms with Crippen molar-refractivity contribution in [3.63, 3.8) is 0 Å². The van der Waals surface area contributed by atoms with Crippen molar-refractivity contribution in [2.45, 2.75) is 63.2 Å². The first-order valence-corrected chi connectivity index (χ1v) is 10.8. The van der Waals surface area contributed by atoms with Gasteiger partial charge in [-0.25, -0.2) is 13.2 Å². The number of carbonyl (C=O) groups excluding carboxylic acids is 1. The van der Waals surface area contributed by atoms with E-state index in [4.69, 9.17) is 0 Å². The van der Waals surface area contributed by atoms with E-state index in [1.807, 2.05) is 24.3 Å². The maximum atomic E-state index is 12.9. The Bertz CT molecular complexity index is 752. The van der Waals surface area contributed by atoms with Gasteiger partial charge in [0.2, 0.25) is 0 Å². The number of sulfone groups is 1. The summed E-state index contributed by atoms with van der Waals surface area (Å²) in [5, 5.41) is 2.65. The molecule has 25 heavy (non-hydrogen) atoms. The van der Waals surface area contributed by atoms with Crippen molar-refractivity contribution >= 4 is 21.6 Å². The number of carbonyl (C=O) groups is 1. The molecule has 0 aromatic heterocycles. The van der Waals surface area contributed by atoms with Crippen LogP contribution in [0.5, 0.6) is 0 Å². The summed E-state index contributed by atoms with van der Waals surface area (Å²) in [6.07, 6.45) is 3.37. The second kappa shape index (κ2) is 6.63. The molecule has 2 fully saturated rings. The predicted molar refractivity (Wildman–Crippen MR) is 101 cm³/mol. The van der Waals surface area contributed by atoms with Gasteiger partial charge in [-0.1, -0.05) is 51.8 Å². The molecule has 6 heteroatoms. The lowest BCUT2D eigenvalue weighted by molar-refractivity contribution is 0.167. The fraction of sp³-hybridized carbons (Fsp3) is 0.632. The number of urea groups is 1. The number of nitrogens with zero attached hydrogens (tertiary/aromatic N) is 1. The average molecular weight is 365 g/mol. The second-order valence-corrected chi connectivity index (χ2v) is 10.5. The summed E-state index contributed by atoms with van der Waals surface area (Å²) in [6, 6.07) is 7.46. The van der Waals surface area contributed by atoms with E-state index >= 15 is 0 Å². The van der Waals surface area contributed by atoms with Gasteiger partial charge in [0.1, 0.15) is 0 Å². The monoisotopic (exact) mass is 364 g/mol. The zero-order valence-corrected chi connectivity index (χ0v) is 16.1. The van der Waals surface area contributed by atoms with E-state index in [2.05, 4.69) is 26.1 Å². The highest BCUT2D eigenvalue weighted by Crippen LogP contribution is 2.33. The standard InChI is InChI=1S/C19H28N2O3S/c1-19(2,3)14-8-4-5-9-15(14)20-18(22)21-12-13-25(23,24)17-11-7-6-10-16(17)21/h4-5,8-9,16-17H,6-7,10-13H2,1-3H3,(H,20,22)/t16-,17+/m0/s1. The topological polar surface area (TPSA) is 66.5 Å². The van der Waals surface area contributed by atoms with Crippen molar-refractivity contribution < 1.29 is 13.2 Å². The normalized spacial score (nSPS) is 26.0. The summed E-state index contributed by atoms with van der Waals surface area (Å²) in [7, 11) is -3.08. The van der Waals surface area contributed by atoms with Crippen molar-refractivity contribution in [3.8, 4) is 0 Å². The molecule has 2 amide bonds. The minimum atomic E-state index is -3.08. The highest BCUT2D eigenvalue weighted by Gasteiger charge is 2.44. The van der Waals surface area contributed by atoms with Gasteiger partial charge >= 0.3 is 6.03 Å². The van der Waals surface area contributed by atoms with Gasteiger partial charge in [0, 0.05) is 12.2 Å². The zero-order chi connectivity index (χ0) is 18.2. The minimum absolute atomic E-state index is 0.0719. The molecule has 1 aliphatic carbocycles. The van der Waals surface area contributed by atoms with Gasteiger partial charge < -0.3 is 10.2 Å². The Balaban J connectivity index is 1.83. The lowest BCUT2D eigenvalue weighted by atomic mass is 9.86. The molecule has 0 bridgehead atoms. The van der Waals surface area contributed by atoms with Crippen molar-refractivity contribution in [1.29, 1.82) is 0 Å². The van der Waals surface area contributed by atoms with E-state index in [-0.39, 0.29) is 29.8 Å². The van der Waals surface area contributed by atoms with Gasteiger partial charge in [-0.05, 0) is 29.9 Å². The molecule has 1 heterocycles. The molecule has 0 radical (unpaired) electrons. The third-order valence-electron chi connectivity index (χ3n) is 5.38. The molecule has 0 spiro atoms. The maximum absolute atomic E-state index is 12.9. The third-order valence-corrected chi connectivity index (χ3v) is 7.61. The molecule has 2 atom stereocenters. The van der Waals surface area contributed by atoms with Crippen LogP contribution < -0.4 is 5.32 Å². The molecule has 1 aliphatic heterocycles. The van der Waals surface area contributed by atoms with Crippen LogP contribution in [0.1, 0.15) is 52.0 Å². The summed E-state index contributed by atoms with van der Waals surface area (Å²) in [4.78, 5) is 14.7. The van der Waals surface area contributed by atoms with Crippen molar-refractivity contribution in [3.05, 3.63) is 29.8 Å². The number of rotatable bonds is 1. The Morgan fingerprint density at radius 3 is 2.56 bits per heavy atom. The summed E-state index contributed by atoms with van der Waals surface area (Å²) < 4.78 is 24.7. The molecule has 5 nitrogen and oxygen atoms in total. The Morgan fingerprint density at radius 2 is 1.84 bits per heavy atom. The van der Waals surface area contributed by atoms with E-state index in [0.717, 1.165) is 30.5 Å². The highest BCUT2D eigenvalue weighted by molar-refractivity contribution is 7.92. The molecular formula is C19H28N2O3S. The van der Waals surface area contributed by atoms with Gasteiger partial charge in [0.25, 0.3) is 0 Å². The van der Waals surface area contributed by atoms with Gasteiger partial charge in [0.15, 0.2) is 9.84 Å². The van der Waals surface area contributed by atoms with Gasteiger partial charge in [-0.3, -0.25) is 0 Å². The van der Waals surface area contributed by atoms with E-state index < -0.39 is 15.1 Å². The van der Waals surface area contributed by atoms with Crippen molar-refractivity contribution in [2.24, 2.45) is 0 Å². The van der Waals surface area contributed by atoms with Crippen LogP contribution in [0.3, 0.4) is 0 Å². The van der Waals surface area contributed by atoms with E-state index in [1.54, 1.807) is 4.90 Å². The van der Waals surface area contributed by atoms with Crippen LogP contribution in [0.15, 0.2) is 24.3 Å². The van der Waals surface area contributed by atoms with Crippen LogP contribution in [0.25, 0.3) is 0 Å². The van der Waals surface area contributed by atoms with E-state index in [9.17, 15) is 13.2 Å². The largest absolute Gasteiger partial charge is 0.322 e. The van der Waals surface area contributed by atoms with Crippen LogP contribution in [-0.2, 0) is 15.3 Å². The molecule has 138 valence electrons. The lowest BCUT2D eigenvalue weighted by Gasteiger charge is -2.43. The van der Waals surface area contributed by atoms with Crippen LogP contribution in [-0.4, -0.2) is 42.9 Å². The second-order valence-electron chi connectivity index (χ2n) is 8.18. The fourth-order valence-electron chi connectivity index (χ4n) is 4.08. The summed E-state index contributed by atoms with van der Waals surface area (Å²) in [6.45, 7) is 6.63. The zero-order valence-electron chi connectivity index (χ0n) is 15.3. The number of amides is 2. The molecule has 1 aromatic rings. The molecule has 1 saturated carbocycles. The smallest absolute Gasteiger partial charge is 0.319 e. The van der Waals surface area contributed by atoms with Crippen LogP contribution in [0.2, 0.25) is 0 Å². The molecule has 1 N–H and O–H groups in total. The molecule has 0 unspecified atom stereocenters. The van der Waals surface area contributed by atoms with Crippen LogP contribution >= 0.6 is 0 Å². The Labute approximate surface area is 150 Å².